The fraction of sp³-hybridized carbons (Fsp3) is 0.429. The summed E-state index contributed by atoms with van der Waals surface area (Å²) in [5.74, 6) is -1.45. The Kier molecular flexibility index (Phi) is 4.47. The number of hydrogen-bond acceptors (Lipinski definition) is 4. The van der Waals surface area contributed by atoms with Crippen molar-refractivity contribution in [3.05, 3.63) is 29.8 Å². The zero-order chi connectivity index (χ0) is 13.8. The van der Waals surface area contributed by atoms with E-state index >= 15 is 0 Å². The molecule has 1 aromatic carbocycles. The van der Waals surface area contributed by atoms with Crippen LogP contribution in [-0.2, 0) is 9.53 Å². The number of rotatable bonds is 4. The van der Waals surface area contributed by atoms with E-state index in [9.17, 15) is 14.7 Å². The van der Waals surface area contributed by atoms with Gasteiger partial charge in [-0.25, -0.2) is 4.79 Å². The molecule has 2 rings (SSSR count). The number of thioether (sulfide) groups is 1. The largest absolute Gasteiger partial charge is 0.481 e. The van der Waals surface area contributed by atoms with Crippen molar-refractivity contribution in [3.8, 4) is 0 Å². The van der Waals surface area contributed by atoms with Crippen molar-refractivity contribution in [2.45, 2.75) is 29.4 Å². The molecule has 2 atom stereocenters. The van der Waals surface area contributed by atoms with E-state index in [1.165, 1.54) is 18.9 Å². The Hall–Kier alpha value is -1.49. The Morgan fingerprint density at radius 3 is 2.74 bits per heavy atom. The van der Waals surface area contributed by atoms with Gasteiger partial charge in [0.15, 0.2) is 0 Å². The lowest BCUT2D eigenvalue weighted by Gasteiger charge is -2.16. The molecule has 0 unspecified atom stereocenters. The lowest BCUT2D eigenvalue weighted by molar-refractivity contribution is -0.141. The number of esters is 1. The normalized spacial score (nSPS) is 22.2. The standard InChI is InChI=1S/C14H16O4S/c1-18-14(17)10-5-2-3-7-12(10)19-11-8-4-6-9(11)13(15)16/h2-3,5,7,9,11H,4,6,8H2,1H3,(H,15,16)/t9-,11+/m0/s1. The zero-order valence-corrected chi connectivity index (χ0v) is 11.5. The number of carbonyl (C=O) groups is 2. The van der Waals surface area contributed by atoms with Gasteiger partial charge in [-0.3, -0.25) is 4.79 Å². The second kappa shape index (κ2) is 6.10. The molecule has 0 radical (unpaired) electrons. The van der Waals surface area contributed by atoms with Crippen LogP contribution in [-0.4, -0.2) is 29.4 Å². The van der Waals surface area contributed by atoms with Gasteiger partial charge in [-0.05, 0) is 25.0 Å². The van der Waals surface area contributed by atoms with E-state index in [-0.39, 0.29) is 17.1 Å². The highest BCUT2D eigenvalue weighted by molar-refractivity contribution is 8.00. The smallest absolute Gasteiger partial charge is 0.338 e. The van der Waals surface area contributed by atoms with Crippen LogP contribution in [0, 0.1) is 5.92 Å². The number of carbonyl (C=O) groups excluding carboxylic acids is 1. The summed E-state index contributed by atoms with van der Waals surface area (Å²) in [4.78, 5) is 23.6. The molecule has 0 amide bonds. The van der Waals surface area contributed by atoms with Gasteiger partial charge in [0, 0.05) is 10.1 Å². The Morgan fingerprint density at radius 2 is 2.05 bits per heavy atom. The van der Waals surface area contributed by atoms with Crippen molar-refractivity contribution in [2.75, 3.05) is 7.11 Å². The van der Waals surface area contributed by atoms with Crippen molar-refractivity contribution in [3.63, 3.8) is 0 Å². The molecule has 1 aliphatic rings. The van der Waals surface area contributed by atoms with Gasteiger partial charge in [-0.1, -0.05) is 18.6 Å². The average Bonchev–Trinajstić information content (AvgIpc) is 2.87. The van der Waals surface area contributed by atoms with Crippen LogP contribution < -0.4 is 0 Å². The number of hydrogen-bond donors (Lipinski definition) is 1. The highest BCUT2D eigenvalue weighted by Crippen LogP contribution is 2.40. The van der Waals surface area contributed by atoms with Gasteiger partial charge < -0.3 is 9.84 Å². The van der Waals surface area contributed by atoms with Gasteiger partial charge in [-0.2, -0.15) is 0 Å². The average molecular weight is 280 g/mol. The number of carboxylic acid groups (broad SMARTS) is 1. The van der Waals surface area contributed by atoms with Crippen LogP contribution in [0.3, 0.4) is 0 Å². The van der Waals surface area contributed by atoms with Crippen molar-refractivity contribution in [1.82, 2.24) is 0 Å². The van der Waals surface area contributed by atoms with Gasteiger partial charge in [0.05, 0.1) is 18.6 Å². The van der Waals surface area contributed by atoms with E-state index in [0.29, 0.717) is 12.0 Å². The predicted octanol–water partition coefficient (Wildman–Crippen LogP) is 2.82. The minimum Gasteiger partial charge on any atom is -0.481 e. The van der Waals surface area contributed by atoms with Crippen LogP contribution in [0.4, 0.5) is 0 Å². The van der Waals surface area contributed by atoms with Crippen LogP contribution in [0.25, 0.3) is 0 Å². The van der Waals surface area contributed by atoms with Gasteiger partial charge in [0.1, 0.15) is 0 Å². The highest BCUT2D eigenvalue weighted by atomic mass is 32.2. The number of methoxy groups -OCH3 is 1. The molecule has 1 aromatic rings. The van der Waals surface area contributed by atoms with E-state index in [4.69, 9.17) is 4.74 Å². The first-order valence-electron chi connectivity index (χ1n) is 6.20. The molecule has 0 spiro atoms. The summed E-state index contributed by atoms with van der Waals surface area (Å²) in [5.41, 5.74) is 0.506. The maximum absolute atomic E-state index is 11.7. The number of ether oxygens (including phenoxy) is 1. The quantitative estimate of drug-likeness (QED) is 0.859. The molecule has 1 saturated carbocycles. The highest BCUT2D eigenvalue weighted by Gasteiger charge is 2.34. The van der Waals surface area contributed by atoms with Crippen LogP contribution >= 0.6 is 11.8 Å². The fourth-order valence-corrected chi connectivity index (χ4v) is 3.82. The van der Waals surface area contributed by atoms with Crippen LogP contribution in [0.15, 0.2) is 29.2 Å². The molecular formula is C14H16O4S. The molecule has 5 heteroatoms. The lowest BCUT2D eigenvalue weighted by Crippen LogP contribution is -2.20. The number of carboxylic acids is 1. The van der Waals surface area contributed by atoms with E-state index in [1.807, 2.05) is 12.1 Å². The zero-order valence-electron chi connectivity index (χ0n) is 10.7. The molecule has 1 fully saturated rings. The summed E-state index contributed by atoms with van der Waals surface area (Å²) in [6.07, 6.45) is 2.51. The molecule has 0 aliphatic heterocycles. The monoisotopic (exact) mass is 280 g/mol. The third-order valence-corrected chi connectivity index (χ3v) is 4.82. The Labute approximate surface area is 116 Å². The Bertz CT molecular complexity index is 486. The summed E-state index contributed by atoms with van der Waals surface area (Å²) in [6, 6.07) is 7.17. The second-order valence-electron chi connectivity index (χ2n) is 4.52. The number of aliphatic carboxylic acids is 1. The van der Waals surface area contributed by atoms with Crippen molar-refractivity contribution >= 4 is 23.7 Å². The summed E-state index contributed by atoms with van der Waals surface area (Å²) >= 11 is 1.48. The molecule has 4 nitrogen and oxygen atoms in total. The Balaban J connectivity index is 2.19. The van der Waals surface area contributed by atoms with Crippen LogP contribution in [0.1, 0.15) is 29.6 Å². The molecule has 102 valence electrons. The fourth-order valence-electron chi connectivity index (χ4n) is 2.36. The van der Waals surface area contributed by atoms with Crippen molar-refractivity contribution in [1.29, 1.82) is 0 Å². The minimum absolute atomic E-state index is 0.0308. The van der Waals surface area contributed by atoms with E-state index in [0.717, 1.165) is 17.7 Å². The minimum atomic E-state index is -0.745. The predicted molar refractivity (Wildman–Crippen MR) is 72.4 cm³/mol. The Morgan fingerprint density at radius 1 is 1.32 bits per heavy atom. The van der Waals surface area contributed by atoms with Gasteiger partial charge in [0.2, 0.25) is 0 Å². The van der Waals surface area contributed by atoms with Gasteiger partial charge >= 0.3 is 11.9 Å². The molecule has 0 aromatic heterocycles. The molecule has 0 saturated heterocycles. The maximum Gasteiger partial charge on any atom is 0.338 e. The molecule has 1 N–H and O–H groups in total. The molecular weight excluding hydrogens is 264 g/mol. The second-order valence-corrected chi connectivity index (χ2v) is 5.80. The summed E-state index contributed by atoms with van der Waals surface area (Å²) in [7, 11) is 1.35. The SMILES string of the molecule is COC(=O)c1ccccc1S[C@@H]1CCC[C@@H]1C(=O)O. The number of benzene rings is 1. The molecule has 0 heterocycles. The lowest BCUT2D eigenvalue weighted by atomic mass is 10.1. The molecule has 0 bridgehead atoms. The van der Waals surface area contributed by atoms with Crippen LogP contribution in [0.2, 0.25) is 0 Å². The van der Waals surface area contributed by atoms with E-state index < -0.39 is 5.97 Å². The third kappa shape index (κ3) is 3.10. The molecule has 19 heavy (non-hydrogen) atoms. The van der Waals surface area contributed by atoms with Crippen molar-refractivity contribution in [2.24, 2.45) is 5.92 Å². The van der Waals surface area contributed by atoms with Gasteiger partial charge in [0.25, 0.3) is 0 Å². The van der Waals surface area contributed by atoms with E-state index in [2.05, 4.69) is 0 Å². The maximum atomic E-state index is 11.7. The third-order valence-electron chi connectivity index (χ3n) is 3.34. The van der Waals surface area contributed by atoms with E-state index in [1.54, 1.807) is 12.1 Å². The van der Waals surface area contributed by atoms with Gasteiger partial charge in [-0.15, -0.1) is 11.8 Å². The molecule has 1 aliphatic carbocycles. The van der Waals surface area contributed by atoms with Crippen molar-refractivity contribution < 1.29 is 19.4 Å². The van der Waals surface area contributed by atoms with Crippen LogP contribution in [0.5, 0.6) is 0 Å². The first-order chi connectivity index (χ1) is 9.13. The first-order valence-corrected chi connectivity index (χ1v) is 7.08. The summed E-state index contributed by atoms with van der Waals surface area (Å²) in [5, 5.41) is 9.21. The summed E-state index contributed by atoms with van der Waals surface area (Å²) < 4.78 is 4.75. The topological polar surface area (TPSA) is 63.6 Å². The summed E-state index contributed by atoms with van der Waals surface area (Å²) in [6.45, 7) is 0. The first kappa shape index (κ1) is 13.9.